The SMILES string of the molecule is Cc1cc(C)c2cc(C(C)O)c(Cl)nc2c1. The van der Waals surface area contributed by atoms with E-state index >= 15 is 0 Å². The van der Waals surface area contributed by atoms with Crippen LogP contribution in [0.15, 0.2) is 18.2 Å². The topological polar surface area (TPSA) is 33.1 Å². The molecule has 3 heteroatoms. The Hall–Kier alpha value is -1.12. The Labute approximate surface area is 99.9 Å². The van der Waals surface area contributed by atoms with Crippen LogP contribution >= 0.6 is 11.6 Å². The van der Waals surface area contributed by atoms with Gasteiger partial charge >= 0.3 is 0 Å². The molecule has 0 saturated carbocycles. The number of rotatable bonds is 1. The van der Waals surface area contributed by atoms with Gasteiger partial charge in [-0.3, -0.25) is 0 Å². The zero-order chi connectivity index (χ0) is 11.9. The molecule has 0 aliphatic heterocycles. The van der Waals surface area contributed by atoms with Crippen LogP contribution in [0.4, 0.5) is 0 Å². The van der Waals surface area contributed by atoms with Gasteiger partial charge < -0.3 is 5.11 Å². The quantitative estimate of drug-likeness (QED) is 0.767. The molecule has 1 unspecified atom stereocenters. The van der Waals surface area contributed by atoms with E-state index in [-0.39, 0.29) is 0 Å². The molecule has 2 aromatic rings. The Balaban J connectivity index is 2.79. The van der Waals surface area contributed by atoms with Gasteiger partial charge in [-0.05, 0) is 44.0 Å². The summed E-state index contributed by atoms with van der Waals surface area (Å²) in [6.07, 6.45) is -0.592. The largest absolute Gasteiger partial charge is 0.389 e. The van der Waals surface area contributed by atoms with E-state index in [1.165, 1.54) is 5.56 Å². The smallest absolute Gasteiger partial charge is 0.135 e. The van der Waals surface area contributed by atoms with Crippen molar-refractivity contribution in [3.8, 4) is 0 Å². The number of nitrogens with zero attached hydrogens (tertiary/aromatic N) is 1. The lowest BCUT2D eigenvalue weighted by Crippen LogP contribution is -1.96. The molecule has 84 valence electrons. The van der Waals surface area contributed by atoms with E-state index in [1.54, 1.807) is 6.92 Å². The molecule has 0 amide bonds. The third-order valence-corrected chi connectivity index (χ3v) is 3.02. The van der Waals surface area contributed by atoms with E-state index < -0.39 is 6.10 Å². The van der Waals surface area contributed by atoms with Crippen molar-refractivity contribution in [1.29, 1.82) is 0 Å². The fraction of sp³-hybridized carbons (Fsp3) is 0.308. The molecule has 0 aliphatic carbocycles. The van der Waals surface area contributed by atoms with E-state index in [9.17, 15) is 5.11 Å². The predicted octanol–water partition coefficient (Wildman–Crippen LogP) is 3.56. The number of aliphatic hydroxyl groups is 1. The van der Waals surface area contributed by atoms with Crippen molar-refractivity contribution in [2.75, 3.05) is 0 Å². The van der Waals surface area contributed by atoms with Crippen LogP contribution in [0.2, 0.25) is 5.15 Å². The van der Waals surface area contributed by atoms with Gasteiger partial charge in [0.15, 0.2) is 0 Å². The summed E-state index contributed by atoms with van der Waals surface area (Å²) in [7, 11) is 0. The van der Waals surface area contributed by atoms with E-state index in [2.05, 4.69) is 11.1 Å². The van der Waals surface area contributed by atoms with E-state index in [4.69, 9.17) is 11.6 Å². The van der Waals surface area contributed by atoms with Gasteiger partial charge in [0.1, 0.15) is 5.15 Å². The summed E-state index contributed by atoms with van der Waals surface area (Å²) in [6, 6.07) is 6.02. The first-order valence-corrected chi connectivity index (χ1v) is 5.62. The second-order valence-electron chi connectivity index (χ2n) is 4.19. The van der Waals surface area contributed by atoms with Gasteiger partial charge in [-0.15, -0.1) is 0 Å². The maximum Gasteiger partial charge on any atom is 0.135 e. The van der Waals surface area contributed by atoms with Crippen LogP contribution in [0.25, 0.3) is 10.9 Å². The van der Waals surface area contributed by atoms with E-state index in [1.807, 2.05) is 26.0 Å². The molecule has 0 saturated heterocycles. The summed E-state index contributed by atoms with van der Waals surface area (Å²) in [5.74, 6) is 0. The minimum absolute atomic E-state index is 0.382. The molecule has 1 atom stereocenters. The Morgan fingerprint density at radius 3 is 2.56 bits per heavy atom. The summed E-state index contributed by atoms with van der Waals surface area (Å²) < 4.78 is 0. The Kier molecular flexibility index (Phi) is 2.87. The van der Waals surface area contributed by atoms with Gasteiger partial charge in [0.05, 0.1) is 11.6 Å². The standard InChI is InChI=1S/C13H14ClNO/c1-7-4-8(2)10-6-11(9(3)16)13(14)15-12(10)5-7/h4-6,9,16H,1-3H3. The number of halogens is 1. The second kappa shape index (κ2) is 4.04. The molecule has 2 nitrogen and oxygen atoms in total. The van der Waals surface area contributed by atoms with Crippen molar-refractivity contribution in [1.82, 2.24) is 4.98 Å². The number of pyridine rings is 1. The van der Waals surface area contributed by atoms with Gasteiger partial charge in [-0.1, -0.05) is 17.7 Å². The van der Waals surface area contributed by atoms with Gasteiger partial charge in [-0.25, -0.2) is 4.98 Å². The molecule has 1 N–H and O–H groups in total. The highest BCUT2D eigenvalue weighted by Crippen LogP contribution is 2.27. The lowest BCUT2D eigenvalue weighted by molar-refractivity contribution is 0.199. The molecule has 0 radical (unpaired) electrons. The molecule has 1 aromatic carbocycles. The average Bonchev–Trinajstić information content (AvgIpc) is 2.15. The maximum atomic E-state index is 9.59. The molecule has 2 rings (SSSR count). The fourth-order valence-corrected chi connectivity index (χ4v) is 2.22. The van der Waals surface area contributed by atoms with Crippen LogP contribution in [0.3, 0.4) is 0 Å². The Morgan fingerprint density at radius 1 is 1.25 bits per heavy atom. The maximum absolute atomic E-state index is 9.59. The van der Waals surface area contributed by atoms with Gasteiger partial charge in [-0.2, -0.15) is 0 Å². The summed E-state index contributed by atoms with van der Waals surface area (Å²) in [5, 5.41) is 11.0. The molecular formula is C13H14ClNO. The number of hydrogen-bond donors (Lipinski definition) is 1. The lowest BCUT2D eigenvalue weighted by Gasteiger charge is -2.10. The zero-order valence-electron chi connectivity index (χ0n) is 9.58. The van der Waals surface area contributed by atoms with Crippen LogP contribution < -0.4 is 0 Å². The van der Waals surface area contributed by atoms with Crippen molar-refractivity contribution in [2.45, 2.75) is 26.9 Å². The monoisotopic (exact) mass is 235 g/mol. The van der Waals surface area contributed by atoms with Crippen LogP contribution in [0, 0.1) is 13.8 Å². The van der Waals surface area contributed by atoms with Crippen LogP contribution in [0.1, 0.15) is 29.7 Å². The highest BCUT2D eigenvalue weighted by Gasteiger charge is 2.10. The number of aromatic nitrogens is 1. The molecule has 0 fully saturated rings. The van der Waals surface area contributed by atoms with Crippen LogP contribution in [-0.4, -0.2) is 10.1 Å². The van der Waals surface area contributed by atoms with Gasteiger partial charge in [0.2, 0.25) is 0 Å². The number of fused-ring (bicyclic) bond motifs is 1. The lowest BCUT2D eigenvalue weighted by atomic mass is 10.0. The van der Waals surface area contributed by atoms with Crippen LogP contribution in [-0.2, 0) is 0 Å². The number of aryl methyl sites for hydroxylation is 2. The van der Waals surface area contributed by atoms with Gasteiger partial charge in [0, 0.05) is 10.9 Å². The third-order valence-electron chi connectivity index (χ3n) is 2.72. The minimum Gasteiger partial charge on any atom is -0.389 e. The normalized spacial score (nSPS) is 13.1. The molecule has 0 aliphatic rings. The second-order valence-corrected chi connectivity index (χ2v) is 4.55. The summed E-state index contributed by atoms with van der Waals surface area (Å²) >= 11 is 6.03. The summed E-state index contributed by atoms with van der Waals surface area (Å²) in [5.41, 5.74) is 3.88. The minimum atomic E-state index is -0.592. The first-order chi connectivity index (χ1) is 7.49. The summed E-state index contributed by atoms with van der Waals surface area (Å²) in [6.45, 7) is 5.76. The molecule has 1 heterocycles. The van der Waals surface area contributed by atoms with Gasteiger partial charge in [0.25, 0.3) is 0 Å². The van der Waals surface area contributed by atoms with E-state index in [0.29, 0.717) is 10.7 Å². The molecule has 0 bridgehead atoms. The molecule has 16 heavy (non-hydrogen) atoms. The third kappa shape index (κ3) is 1.91. The highest BCUT2D eigenvalue weighted by atomic mass is 35.5. The van der Waals surface area contributed by atoms with Crippen molar-refractivity contribution < 1.29 is 5.11 Å². The molecular weight excluding hydrogens is 222 g/mol. The van der Waals surface area contributed by atoms with E-state index in [0.717, 1.165) is 16.5 Å². The highest BCUT2D eigenvalue weighted by molar-refractivity contribution is 6.30. The van der Waals surface area contributed by atoms with Crippen molar-refractivity contribution in [3.63, 3.8) is 0 Å². The number of aliphatic hydroxyl groups excluding tert-OH is 1. The fourth-order valence-electron chi connectivity index (χ4n) is 1.91. The Bertz CT molecular complexity index is 549. The van der Waals surface area contributed by atoms with Crippen molar-refractivity contribution in [2.24, 2.45) is 0 Å². The zero-order valence-corrected chi connectivity index (χ0v) is 10.3. The molecule has 1 aromatic heterocycles. The van der Waals surface area contributed by atoms with Crippen molar-refractivity contribution in [3.05, 3.63) is 40.0 Å². The van der Waals surface area contributed by atoms with Crippen molar-refractivity contribution >= 4 is 22.5 Å². The molecule has 0 spiro atoms. The first-order valence-electron chi connectivity index (χ1n) is 5.24. The summed E-state index contributed by atoms with van der Waals surface area (Å²) in [4.78, 5) is 4.32. The average molecular weight is 236 g/mol. The Morgan fingerprint density at radius 2 is 1.94 bits per heavy atom. The number of benzene rings is 1. The number of hydrogen-bond acceptors (Lipinski definition) is 2. The first kappa shape index (κ1) is 11.4. The predicted molar refractivity (Wildman–Crippen MR) is 66.9 cm³/mol. The van der Waals surface area contributed by atoms with Crippen LogP contribution in [0.5, 0.6) is 0 Å².